The van der Waals surface area contributed by atoms with Crippen LogP contribution in [-0.2, 0) is 0 Å². The molecule has 0 radical (unpaired) electrons. The molecule has 0 saturated carbocycles. The molecular weight excluding hydrogens is 220 g/mol. The molecule has 102 valence electrons. The predicted octanol–water partition coefficient (Wildman–Crippen LogP) is 5.50. The van der Waals surface area contributed by atoms with Gasteiger partial charge in [-0.3, -0.25) is 0 Å². The number of rotatable bonds is 6. The molecule has 2 unspecified atom stereocenters. The van der Waals surface area contributed by atoms with E-state index in [9.17, 15) is 0 Å². The summed E-state index contributed by atoms with van der Waals surface area (Å²) in [7, 11) is 0. The summed E-state index contributed by atoms with van der Waals surface area (Å²) in [6, 6.07) is 6.62. The van der Waals surface area contributed by atoms with Crippen LogP contribution in [0.4, 0.5) is 0 Å². The minimum absolute atomic E-state index is 0.234. The first-order valence-electron chi connectivity index (χ1n) is 7.30. The van der Waals surface area contributed by atoms with Gasteiger partial charge in [-0.25, -0.2) is 0 Å². The minimum atomic E-state index is 0.234. The van der Waals surface area contributed by atoms with Crippen molar-refractivity contribution >= 4 is 0 Å². The third-order valence-corrected chi connectivity index (χ3v) is 3.72. The normalized spacial score (nSPS) is 14.6. The van der Waals surface area contributed by atoms with E-state index >= 15 is 0 Å². The van der Waals surface area contributed by atoms with Crippen molar-refractivity contribution in [2.24, 2.45) is 0 Å². The second-order valence-corrected chi connectivity index (χ2v) is 5.55. The summed E-state index contributed by atoms with van der Waals surface area (Å²) in [5.41, 5.74) is 2.73. The van der Waals surface area contributed by atoms with Crippen LogP contribution in [0.5, 0.6) is 5.75 Å². The molecular formula is C17H28O. The third-order valence-electron chi connectivity index (χ3n) is 3.72. The van der Waals surface area contributed by atoms with Gasteiger partial charge in [-0.2, -0.15) is 0 Å². The second kappa shape index (κ2) is 6.82. The Kier molecular flexibility index (Phi) is 5.71. The van der Waals surface area contributed by atoms with Gasteiger partial charge in [0.2, 0.25) is 0 Å². The van der Waals surface area contributed by atoms with E-state index in [1.165, 1.54) is 11.1 Å². The van der Waals surface area contributed by atoms with E-state index < -0.39 is 0 Å². The van der Waals surface area contributed by atoms with E-state index in [2.05, 4.69) is 59.7 Å². The number of ether oxygens (including phenoxy) is 1. The average Bonchev–Trinajstić information content (AvgIpc) is 2.36. The van der Waals surface area contributed by atoms with Crippen LogP contribution in [-0.4, -0.2) is 6.10 Å². The molecule has 1 aromatic rings. The maximum atomic E-state index is 6.12. The first kappa shape index (κ1) is 15.1. The summed E-state index contributed by atoms with van der Waals surface area (Å²) in [5.74, 6) is 2.25. The quantitative estimate of drug-likeness (QED) is 0.646. The van der Waals surface area contributed by atoms with Gasteiger partial charge in [0.15, 0.2) is 0 Å². The maximum absolute atomic E-state index is 6.12. The van der Waals surface area contributed by atoms with Gasteiger partial charge in [0.05, 0.1) is 6.10 Å². The van der Waals surface area contributed by atoms with Crippen molar-refractivity contribution < 1.29 is 4.74 Å². The van der Waals surface area contributed by atoms with E-state index in [-0.39, 0.29) is 6.10 Å². The fraction of sp³-hybridized carbons (Fsp3) is 0.647. The molecule has 2 atom stereocenters. The van der Waals surface area contributed by atoms with Crippen LogP contribution in [0.15, 0.2) is 18.2 Å². The Morgan fingerprint density at radius 1 is 0.889 bits per heavy atom. The van der Waals surface area contributed by atoms with Gasteiger partial charge in [0.25, 0.3) is 0 Å². The smallest absolute Gasteiger partial charge is 0.126 e. The van der Waals surface area contributed by atoms with E-state index in [1.807, 2.05) is 0 Å². The standard InChI is InChI=1S/C17H28O/c1-7-13(5)15-10-9-11-16(14(6)8-2)17(15)18-12(3)4/h9-14H,7-8H2,1-6H3. The topological polar surface area (TPSA) is 9.23 Å². The Labute approximate surface area is 113 Å². The highest BCUT2D eigenvalue weighted by atomic mass is 16.5. The number of hydrogen-bond acceptors (Lipinski definition) is 1. The maximum Gasteiger partial charge on any atom is 0.126 e. The van der Waals surface area contributed by atoms with Crippen LogP contribution < -0.4 is 4.74 Å². The van der Waals surface area contributed by atoms with Gasteiger partial charge in [-0.05, 0) is 49.7 Å². The molecule has 0 aromatic heterocycles. The van der Waals surface area contributed by atoms with Gasteiger partial charge in [0.1, 0.15) is 5.75 Å². The molecule has 1 nitrogen and oxygen atoms in total. The van der Waals surface area contributed by atoms with Crippen LogP contribution >= 0.6 is 0 Å². The molecule has 0 aliphatic carbocycles. The number of benzene rings is 1. The van der Waals surface area contributed by atoms with Gasteiger partial charge in [-0.1, -0.05) is 45.9 Å². The predicted molar refractivity (Wildman–Crippen MR) is 79.6 cm³/mol. The SMILES string of the molecule is CCC(C)c1cccc(C(C)CC)c1OC(C)C. The molecule has 0 aliphatic rings. The van der Waals surface area contributed by atoms with Crippen molar-refractivity contribution in [3.8, 4) is 5.75 Å². The van der Waals surface area contributed by atoms with E-state index in [1.54, 1.807) is 0 Å². The molecule has 0 fully saturated rings. The second-order valence-electron chi connectivity index (χ2n) is 5.55. The third kappa shape index (κ3) is 3.51. The van der Waals surface area contributed by atoms with Gasteiger partial charge < -0.3 is 4.74 Å². The van der Waals surface area contributed by atoms with E-state index in [4.69, 9.17) is 4.74 Å². The zero-order valence-electron chi connectivity index (χ0n) is 12.8. The fourth-order valence-corrected chi connectivity index (χ4v) is 2.16. The molecule has 0 heterocycles. The van der Waals surface area contributed by atoms with Crippen molar-refractivity contribution in [1.82, 2.24) is 0 Å². The molecule has 0 bridgehead atoms. The van der Waals surface area contributed by atoms with Crippen molar-refractivity contribution in [2.75, 3.05) is 0 Å². The molecule has 18 heavy (non-hydrogen) atoms. The Morgan fingerprint density at radius 3 is 1.67 bits per heavy atom. The highest BCUT2D eigenvalue weighted by molar-refractivity contribution is 5.45. The molecule has 0 aliphatic heterocycles. The minimum Gasteiger partial charge on any atom is -0.490 e. The van der Waals surface area contributed by atoms with Crippen molar-refractivity contribution in [3.63, 3.8) is 0 Å². The molecule has 1 heteroatoms. The lowest BCUT2D eigenvalue weighted by molar-refractivity contribution is 0.235. The summed E-state index contributed by atoms with van der Waals surface area (Å²) in [6.07, 6.45) is 2.54. The van der Waals surface area contributed by atoms with Crippen molar-refractivity contribution in [1.29, 1.82) is 0 Å². The van der Waals surface area contributed by atoms with E-state index in [0.29, 0.717) is 11.8 Å². The Balaban J connectivity index is 3.25. The van der Waals surface area contributed by atoms with Gasteiger partial charge >= 0.3 is 0 Å². The number of hydrogen-bond donors (Lipinski definition) is 0. The lowest BCUT2D eigenvalue weighted by Crippen LogP contribution is -2.11. The van der Waals surface area contributed by atoms with Crippen LogP contribution in [0.1, 0.15) is 77.3 Å². The Bertz CT molecular complexity index is 340. The largest absolute Gasteiger partial charge is 0.490 e. The summed E-state index contributed by atoms with van der Waals surface area (Å²) in [4.78, 5) is 0. The van der Waals surface area contributed by atoms with Crippen LogP contribution in [0.2, 0.25) is 0 Å². The van der Waals surface area contributed by atoms with E-state index in [0.717, 1.165) is 18.6 Å². The highest BCUT2D eigenvalue weighted by Gasteiger charge is 2.18. The van der Waals surface area contributed by atoms with Crippen molar-refractivity contribution in [3.05, 3.63) is 29.3 Å². The lowest BCUT2D eigenvalue weighted by Gasteiger charge is -2.23. The first-order valence-corrected chi connectivity index (χ1v) is 7.30. The molecule has 1 aromatic carbocycles. The summed E-state index contributed by atoms with van der Waals surface area (Å²) in [6.45, 7) is 13.2. The van der Waals surface area contributed by atoms with Crippen LogP contribution in [0.3, 0.4) is 0 Å². The molecule has 0 amide bonds. The zero-order chi connectivity index (χ0) is 13.7. The summed E-state index contributed by atoms with van der Waals surface area (Å²) < 4.78 is 6.12. The zero-order valence-corrected chi connectivity index (χ0v) is 12.8. The Morgan fingerprint density at radius 2 is 1.33 bits per heavy atom. The van der Waals surface area contributed by atoms with Gasteiger partial charge in [0, 0.05) is 0 Å². The van der Waals surface area contributed by atoms with Crippen LogP contribution in [0, 0.1) is 0 Å². The lowest BCUT2D eigenvalue weighted by atomic mass is 9.90. The van der Waals surface area contributed by atoms with Crippen LogP contribution in [0.25, 0.3) is 0 Å². The average molecular weight is 248 g/mol. The van der Waals surface area contributed by atoms with Crippen molar-refractivity contribution in [2.45, 2.75) is 72.3 Å². The highest BCUT2D eigenvalue weighted by Crippen LogP contribution is 2.37. The Hall–Kier alpha value is -0.980. The fourth-order valence-electron chi connectivity index (χ4n) is 2.16. The molecule has 0 spiro atoms. The molecule has 1 rings (SSSR count). The molecule has 0 saturated heterocycles. The monoisotopic (exact) mass is 248 g/mol. The van der Waals surface area contributed by atoms with Gasteiger partial charge in [-0.15, -0.1) is 0 Å². The molecule has 0 N–H and O–H groups in total. The summed E-state index contributed by atoms with van der Waals surface area (Å²) in [5, 5.41) is 0. The summed E-state index contributed by atoms with van der Waals surface area (Å²) >= 11 is 0. The first-order chi connectivity index (χ1) is 8.51. The number of para-hydroxylation sites is 1.